The Hall–Kier alpha value is -2.82. The fourth-order valence-electron chi connectivity index (χ4n) is 3.96. The lowest BCUT2D eigenvalue weighted by atomic mass is 9.91. The summed E-state index contributed by atoms with van der Waals surface area (Å²) in [6, 6.07) is 17.6. The minimum atomic E-state index is -0.463. The Morgan fingerprint density at radius 2 is 1.81 bits per heavy atom. The number of carbonyl (C=O) groups is 2. The van der Waals surface area contributed by atoms with Crippen molar-refractivity contribution in [1.29, 1.82) is 0 Å². The van der Waals surface area contributed by atoms with E-state index >= 15 is 0 Å². The first kappa shape index (κ1) is 17.6. The predicted molar refractivity (Wildman–Crippen MR) is 102 cm³/mol. The van der Waals surface area contributed by atoms with E-state index in [1.54, 1.807) is 4.90 Å². The summed E-state index contributed by atoms with van der Waals surface area (Å²) in [5, 5.41) is 0. The van der Waals surface area contributed by atoms with Crippen molar-refractivity contribution in [3.63, 3.8) is 0 Å². The Labute approximate surface area is 159 Å². The van der Waals surface area contributed by atoms with E-state index in [-0.39, 0.29) is 12.0 Å². The van der Waals surface area contributed by atoms with Crippen LogP contribution in [0.25, 0.3) is 0 Å². The maximum atomic E-state index is 12.7. The third kappa shape index (κ3) is 3.68. The van der Waals surface area contributed by atoms with Crippen molar-refractivity contribution in [3.8, 4) is 0 Å². The lowest BCUT2D eigenvalue weighted by Gasteiger charge is -2.37. The van der Waals surface area contributed by atoms with E-state index < -0.39 is 5.60 Å². The van der Waals surface area contributed by atoms with Crippen molar-refractivity contribution in [1.82, 2.24) is 9.80 Å². The zero-order chi connectivity index (χ0) is 18.9. The summed E-state index contributed by atoms with van der Waals surface area (Å²) >= 11 is 0. The van der Waals surface area contributed by atoms with Crippen molar-refractivity contribution in [3.05, 3.63) is 71.3 Å². The van der Waals surface area contributed by atoms with Crippen LogP contribution in [0.2, 0.25) is 0 Å². The normalized spacial score (nSPS) is 18.6. The first-order chi connectivity index (χ1) is 13.0. The van der Waals surface area contributed by atoms with Gasteiger partial charge in [0.25, 0.3) is 5.91 Å². The molecule has 140 valence electrons. The van der Waals surface area contributed by atoms with Gasteiger partial charge < -0.3 is 9.64 Å². The second-order valence-corrected chi connectivity index (χ2v) is 7.55. The van der Waals surface area contributed by atoms with Gasteiger partial charge in [0.15, 0.2) is 0 Å². The van der Waals surface area contributed by atoms with Gasteiger partial charge in [-0.15, -0.1) is 0 Å². The van der Waals surface area contributed by atoms with E-state index in [2.05, 4.69) is 0 Å². The summed E-state index contributed by atoms with van der Waals surface area (Å²) in [5.41, 5.74) is 2.43. The third-order valence-corrected chi connectivity index (χ3v) is 5.48. The molecule has 27 heavy (non-hydrogen) atoms. The average Bonchev–Trinajstić information content (AvgIpc) is 2.97. The number of amides is 2. The Morgan fingerprint density at radius 1 is 1.07 bits per heavy atom. The van der Waals surface area contributed by atoms with E-state index in [0.29, 0.717) is 39.0 Å². The Balaban J connectivity index is 1.38. The number of aryl methyl sites for hydroxylation is 1. The average molecular weight is 364 g/mol. The summed E-state index contributed by atoms with van der Waals surface area (Å²) in [4.78, 5) is 28.7. The van der Waals surface area contributed by atoms with Crippen LogP contribution in [-0.2, 0) is 11.3 Å². The minimum Gasteiger partial charge on any atom is -0.441 e. The summed E-state index contributed by atoms with van der Waals surface area (Å²) in [6.45, 7) is 4.36. The first-order valence-corrected chi connectivity index (χ1v) is 9.42. The molecule has 0 N–H and O–H groups in total. The molecular formula is C22H24N2O3. The number of rotatable bonds is 3. The molecule has 2 aromatic carbocycles. The van der Waals surface area contributed by atoms with Gasteiger partial charge in [0.05, 0.1) is 6.54 Å². The zero-order valence-corrected chi connectivity index (χ0v) is 15.6. The Bertz CT molecular complexity index is 842. The lowest BCUT2D eigenvalue weighted by molar-refractivity contribution is 0.00312. The van der Waals surface area contributed by atoms with Crippen LogP contribution in [0.5, 0.6) is 0 Å². The molecule has 5 heteroatoms. The van der Waals surface area contributed by atoms with Crippen molar-refractivity contribution < 1.29 is 14.3 Å². The molecule has 0 atom stereocenters. The number of hydrogen-bond donors (Lipinski definition) is 0. The molecule has 0 saturated carbocycles. The highest BCUT2D eigenvalue weighted by Gasteiger charge is 2.47. The molecule has 1 spiro atoms. The highest BCUT2D eigenvalue weighted by atomic mass is 16.6. The van der Waals surface area contributed by atoms with Gasteiger partial charge >= 0.3 is 6.09 Å². The van der Waals surface area contributed by atoms with Crippen LogP contribution in [-0.4, -0.2) is 47.0 Å². The van der Waals surface area contributed by atoms with Crippen molar-refractivity contribution in [2.24, 2.45) is 0 Å². The van der Waals surface area contributed by atoms with Crippen molar-refractivity contribution in [2.75, 3.05) is 19.6 Å². The molecule has 0 bridgehead atoms. The van der Waals surface area contributed by atoms with E-state index in [1.807, 2.05) is 66.4 Å². The van der Waals surface area contributed by atoms with Gasteiger partial charge in [0.1, 0.15) is 5.60 Å². The molecule has 0 aromatic heterocycles. The molecule has 0 unspecified atom stereocenters. The van der Waals surface area contributed by atoms with Crippen LogP contribution in [0.1, 0.15) is 34.3 Å². The fraction of sp³-hybridized carbons (Fsp3) is 0.364. The van der Waals surface area contributed by atoms with E-state index in [4.69, 9.17) is 4.74 Å². The Morgan fingerprint density at radius 3 is 2.52 bits per heavy atom. The standard InChI is InChI=1S/C22H24N2O3/c1-17-6-5-9-19(14-17)20(25)23-12-10-22(11-13-23)16-24(21(26)27-22)15-18-7-3-2-4-8-18/h2-9,14H,10-13,15-16H2,1H3. The number of nitrogens with zero attached hydrogens (tertiary/aromatic N) is 2. The van der Waals surface area contributed by atoms with Gasteiger partial charge in [-0.25, -0.2) is 4.79 Å². The van der Waals surface area contributed by atoms with Crippen LogP contribution in [0, 0.1) is 6.92 Å². The molecule has 2 fully saturated rings. The minimum absolute atomic E-state index is 0.0546. The zero-order valence-electron chi connectivity index (χ0n) is 15.6. The predicted octanol–water partition coefficient (Wildman–Crippen LogP) is 3.62. The summed E-state index contributed by atoms with van der Waals surface area (Å²) in [6.07, 6.45) is 1.11. The number of likely N-dealkylation sites (tertiary alicyclic amines) is 1. The number of carbonyl (C=O) groups excluding carboxylic acids is 2. The SMILES string of the molecule is Cc1cccc(C(=O)N2CCC3(CC2)CN(Cc2ccccc2)C(=O)O3)c1. The largest absolute Gasteiger partial charge is 0.441 e. The molecule has 4 rings (SSSR count). The van der Waals surface area contributed by atoms with Gasteiger partial charge in [-0.05, 0) is 24.6 Å². The summed E-state index contributed by atoms with van der Waals surface area (Å²) in [5.74, 6) is 0.0546. The van der Waals surface area contributed by atoms with E-state index in [9.17, 15) is 9.59 Å². The molecule has 2 aliphatic heterocycles. The van der Waals surface area contributed by atoms with Crippen molar-refractivity contribution in [2.45, 2.75) is 31.9 Å². The van der Waals surface area contributed by atoms with Crippen LogP contribution in [0.15, 0.2) is 54.6 Å². The maximum absolute atomic E-state index is 12.7. The molecule has 2 aromatic rings. The number of piperidine rings is 1. The lowest BCUT2D eigenvalue weighted by Crippen LogP contribution is -2.48. The smallest absolute Gasteiger partial charge is 0.410 e. The topological polar surface area (TPSA) is 49.9 Å². The second kappa shape index (κ2) is 7.06. The van der Waals surface area contributed by atoms with Crippen LogP contribution >= 0.6 is 0 Å². The van der Waals surface area contributed by atoms with E-state index in [1.165, 1.54) is 0 Å². The quantitative estimate of drug-likeness (QED) is 0.836. The fourth-order valence-corrected chi connectivity index (χ4v) is 3.96. The van der Waals surface area contributed by atoms with Gasteiger partial charge in [-0.1, -0.05) is 48.0 Å². The molecule has 0 radical (unpaired) electrons. The molecule has 5 nitrogen and oxygen atoms in total. The first-order valence-electron chi connectivity index (χ1n) is 9.42. The van der Waals surface area contributed by atoms with Gasteiger partial charge in [-0.2, -0.15) is 0 Å². The number of hydrogen-bond acceptors (Lipinski definition) is 3. The molecule has 2 saturated heterocycles. The molecular weight excluding hydrogens is 340 g/mol. The van der Waals surface area contributed by atoms with E-state index in [0.717, 1.165) is 16.7 Å². The molecule has 0 aliphatic carbocycles. The maximum Gasteiger partial charge on any atom is 0.410 e. The van der Waals surface area contributed by atoms with Crippen LogP contribution in [0.4, 0.5) is 4.79 Å². The van der Waals surface area contributed by atoms with Crippen LogP contribution in [0.3, 0.4) is 0 Å². The third-order valence-electron chi connectivity index (χ3n) is 5.48. The molecule has 2 aliphatic rings. The van der Waals surface area contributed by atoms with Gasteiger partial charge in [0.2, 0.25) is 0 Å². The number of ether oxygens (including phenoxy) is 1. The Kier molecular flexibility index (Phi) is 4.60. The number of benzene rings is 2. The van der Waals surface area contributed by atoms with Gasteiger partial charge in [-0.3, -0.25) is 9.69 Å². The second-order valence-electron chi connectivity index (χ2n) is 7.55. The monoisotopic (exact) mass is 364 g/mol. The molecule has 2 amide bonds. The highest BCUT2D eigenvalue weighted by molar-refractivity contribution is 5.94. The van der Waals surface area contributed by atoms with Gasteiger partial charge in [0, 0.05) is 38.0 Å². The molecule has 2 heterocycles. The highest BCUT2D eigenvalue weighted by Crippen LogP contribution is 2.34. The van der Waals surface area contributed by atoms with Crippen LogP contribution < -0.4 is 0 Å². The van der Waals surface area contributed by atoms with Crippen molar-refractivity contribution >= 4 is 12.0 Å². The summed E-state index contributed by atoms with van der Waals surface area (Å²) in [7, 11) is 0. The summed E-state index contributed by atoms with van der Waals surface area (Å²) < 4.78 is 5.78.